The molecule has 1 atom stereocenters. The SMILES string of the molecule is O=[N+]([O-])c1ccc(C(Nc2ccccc2)c2c(O)ccc3ccccc23)cc1. The first kappa shape index (κ1) is 17.5. The lowest BCUT2D eigenvalue weighted by atomic mass is 9.92. The Morgan fingerprint density at radius 2 is 1.50 bits per heavy atom. The lowest BCUT2D eigenvalue weighted by molar-refractivity contribution is -0.384. The van der Waals surface area contributed by atoms with Crippen LogP contribution in [0.15, 0.2) is 91.0 Å². The van der Waals surface area contributed by atoms with E-state index in [0.717, 1.165) is 27.6 Å². The maximum Gasteiger partial charge on any atom is 0.269 e. The molecule has 1 unspecified atom stereocenters. The van der Waals surface area contributed by atoms with Gasteiger partial charge in [0.2, 0.25) is 0 Å². The van der Waals surface area contributed by atoms with Gasteiger partial charge in [0.25, 0.3) is 5.69 Å². The number of phenolic OH excluding ortho intramolecular Hbond substituents is 1. The van der Waals surface area contributed by atoms with Gasteiger partial charge in [0.1, 0.15) is 5.75 Å². The van der Waals surface area contributed by atoms with Crippen molar-refractivity contribution in [1.29, 1.82) is 0 Å². The van der Waals surface area contributed by atoms with Crippen molar-refractivity contribution in [3.8, 4) is 5.75 Å². The maximum absolute atomic E-state index is 11.0. The molecule has 2 N–H and O–H groups in total. The van der Waals surface area contributed by atoms with E-state index in [1.54, 1.807) is 18.2 Å². The van der Waals surface area contributed by atoms with Crippen LogP contribution in [0, 0.1) is 10.1 Å². The number of hydrogen-bond acceptors (Lipinski definition) is 4. The Labute approximate surface area is 162 Å². The van der Waals surface area contributed by atoms with Crippen LogP contribution in [-0.4, -0.2) is 10.0 Å². The highest BCUT2D eigenvalue weighted by molar-refractivity contribution is 5.89. The highest BCUT2D eigenvalue weighted by Gasteiger charge is 2.21. The van der Waals surface area contributed by atoms with Gasteiger partial charge in [0.15, 0.2) is 0 Å². The molecular formula is C23H18N2O3. The molecule has 0 bridgehead atoms. The number of anilines is 1. The summed E-state index contributed by atoms with van der Waals surface area (Å²) in [6.07, 6.45) is 0. The van der Waals surface area contributed by atoms with E-state index in [9.17, 15) is 15.2 Å². The molecule has 0 radical (unpaired) electrons. The predicted octanol–water partition coefficient (Wildman–Crippen LogP) is 5.66. The summed E-state index contributed by atoms with van der Waals surface area (Å²) in [6.45, 7) is 0. The predicted molar refractivity (Wildman–Crippen MR) is 111 cm³/mol. The van der Waals surface area contributed by atoms with Crippen molar-refractivity contribution >= 4 is 22.1 Å². The van der Waals surface area contributed by atoms with E-state index in [1.807, 2.05) is 60.7 Å². The highest BCUT2D eigenvalue weighted by Crippen LogP contribution is 2.38. The van der Waals surface area contributed by atoms with Crippen LogP contribution in [0.5, 0.6) is 5.75 Å². The van der Waals surface area contributed by atoms with E-state index in [4.69, 9.17) is 0 Å². The van der Waals surface area contributed by atoms with Crippen LogP contribution in [-0.2, 0) is 0 Å². The lowest BCUT2D eigenvalue weighted by Crippen LogP contribution is -2.13. The molecule has 0 aliphatic carbocycles. The molecule has 0 amide bonds. The van der Waals surface area contributed by atoms with E-state index in [2.05, 4.69) is 5.32 Å². The summed E-state index contributed by atoms with van der Waals surface area (Å²) >= 11 is 0. The van der Waals surface area contributed by atoms with Crippen LogP contribution < -0.4 is 5.32 Å². The molecule has 0 saturated carbocycles. The van der Waals surface area contributed by atoms with Gasteiger partial charge < -0.3 is 10.4 Å². The number of rotatable bonds is 5. The first-order chi connectivity index (χ1) is 13.6. The van der Waals surface area contributed by atoms with E-state index >= 15 is 0 Å². The summed E-state index contributed by atoms with van der Waals surface area (Å²) in [5.41, 5.74) is 2.47. The second kappa shape index (κ2) is 7.40. The number of benzene rings is 4. The normalized spacial score (nSPS) is 11.9. The fourth-order valence-corrected chi connectivity index (χ4v) is 3.40. The average molecular weight is 370 g/mol. The van der Waals surface area contributed by atoms with Crippen LogP contribution in [0.3, 0.4) is 0 Å². The third kappa shape index (κ3) is 3.38. The number of nitrogens with one attached hydrogen (secondary N) is 1. The Morgan fingerprint density at radius 1 is 0.821 bits per heavy atom. The molecule has 0 aromatic heterocycles. The molecule has 138 valence electrons. The van der Waals surface area contributed by atoms with Crippen molar-refractivity contribution in [3.63, 3.8) is 0 Å². The van der Waals surface area contributed by atoms with Crippen molar-refractivity contribution < 1.29 is 10.0 Å². The Hall–Kier alpha value is -3.86. The minimum absolute atomic E-state index is 0.0318. The van der Waals surface area contributed by atoms with Crippen molar-refractivity contribution in [2.75, 3.05) is 5.32 Å². The molecular weight excluding hydrogens is 352 g/mol. The molecule has 28 heavy (non-hydrogen) atoms. The number of para-hydroxylation sites is 1. The number of aromatic hydroxyl groups is 1. The first-order valence-corrected chi connectivity index (χ1v) is 8.90. The molecule has 4 rings (SSSR count). The lowest BCUT2D eigenvalue weighted by Gasteiger charge is -2.23. The first-order valence-electron chi connectivity index (χ1n) is 8.90. The molecule has 0 aliphatic rings. The average Bonchev–Trinajstić information content (AvgIpc) is 2.73. The van der Waals surface area contributed by atoms with E-state index in [1.165, 1.54) is 12.1 Å². The number of fused-ring (bicyclic) bond motifs is 1. The number of non-ortho nitro benzene ring substituents is 1. The maximum atomic E-state index is 11.0. The third-order valence-electron chi connectivity index (χ3n) is 4.76. The number of phenols is 1. The number of hydrogen-bond donors (Lipinski definition) is 2. The minimum Gasteiger partial charge on any atom is -0.508 e. The number of nitrogens with zero attached hydrogens (tertiary/aromatic N) is 1. The molecule has 5 nitrogen and oxygen atoms in total. The van der Waals surface area contributed by atoms with Crippen molar-refractivity contribution in [1.82, 2.24) is 0 Å². The van der Waals surface area contributed by atoms with Gasteiger partial charge in [-0.15, -0.1) is 0 Å². The molecule has 0 spiro atoms. The van der Waals surface area contributed by atoms with E-state index < -0.39 is 4.92 Å². The Kier molecular flexibility index (Phi) is 4.64. The second-order valence-corrected chi connectivity index (χ2v) is 6.51. The summed E-state index contributed by atoms with van der Waals surface area (Å²) in [5, 5.41) is 27.1. The van der Waals surface area contributed by atoms with Gasteiger partial charge in [-0.25, -0.2) is 0 Å². The molecule has 0 fully saturated rings. The van der Waals surface area contributed by atoms with Gasteiger partial charge in [-0.1, -0.05) is 48.5 Å². The van der Waals surface area contributed by atoms with Crippen molar-refractivity contribution in [2.45, 2.75) is 6.04 Å². The zero-order chi connectivity index (χ0) is 19.5. The molecule has 5 heteroatoms. The fourth-order valence-electron chi connectivity index (χ4n) is 3.40. The number of nitro groups is 1. The summed E-state index contributed by atoms with van der Waals surface area (Å²) in [4.78, 5) is 10.6. The summed E-state index contributed by atoms with van der Waals surface area (Å²) in [6, 6.07) is 27.1. The van der Waals surface area contributed by atoms with Gasteiger partial charge in [-0.05, 0) is 46.7 Å². The zero-order valence-electron chi connectivity index (χ0n) is 14.9. The fraction of sp³-hybridized carbons (Fsp3) is 0.0435. The largest absolute Gasteiger partial charge is 0.508 e. The summed E-state index contributed by atoms with van der Waals surface area (Å²) in [7, 11) is 0. The third-order valence-corrected chi connectivity index (χ3v) is 4.76. The van der Waals surface area contributed by atoms with Crippen LogP contribution in [0.2, 0.25) is 0 Å². The van der Waals surface area contributed by atoms with Gasteiger partial charge in [-0.3, -0.25) is 10.1 Å². The van der Waals surface area contributed by atoms with Gasteiger partial charge in [0, 0.05) is 23.4 Å². The zero-order valence-corrected chi connectivity index (χ0v) is 14.9. The Morgan fingerprint density at radius 3 is 2.21 bits per heavy atom. The minimum atomic E-state index is -0.418. The second-order valence-electron chi connectivity index (χ2n) is 6.51. The molecule has 4 aromatic carbocycles. The van der Waals surface area contributed by atoms with E-state index in [-0.39, 0.29) is 17.5 Å². The quantitative estimate of drug-likeness (QED) is 0.351. The molecule has 4 aromatic rings. The summed E-state index contributed by atoms with van der Waals surface area (Å²) < 4.78 is 0. The summed E-state index contributed by atoms with van der Waals surface area (Å²) in [5.74, 6) is 0.172. The van der Waals surface area contributed by atoms with E-state index in [0.29, 0.717) is 0 Å². The smallest absolute Gasteiger partial charge is 0.269 e. The Balaban J connectivity index is 1.88. The van der Waals surface area contributed by atoms with Crippen LogP contribution in [0.1, 0.15) is 17.2 Å². The Bertz CT molecular complexity index is 1130. The topological polar surface area (TPSA) is 75.4 Å². The standard InChI is InChI=1S/C23H18N2O3/c26-21-15-12-16-6-4-5-9-20(16)22(21)23(24-18-7-2-1-3-8-18)17-10-13-19(14-11-17)25(27)28/h1-15,23-24,26H. The van der Waals surface area contributed by atoms with Crippen LogP contribution in [0.4, 0.5) is 11.4 Å². The van der Waals surface area contributed by atoms with Gasteiger partial charge in [0.05, 0.1) is 11.0 Å². The number of nitro benzene ring substituents is 1. The van der Waals surface area contributed by atoms with Crippen LogP contribution in [0.25, 0.3) is 10.8 Å². The van der Waals surface area contributed by atoms with Gasteiger partial charge >= 0.3 is 0 Å². The van der Waals surface area contributed by atoms with Crippen molar-refractivity contribution in [3.05, 3.63) is 112 Å². The molecule has 0 aliphatic heterocycles. The monoisotopic (exact) mass is 370 g/mol. The van der Waals surface area contributed by atoms with Crippen LogP contribution >= 0.6 is 0 Å². The molecule has 0 saturated heterocycles. The van der Waals surface area contributed by atoms with Crippen molar-refractivity contribution in [2.24, 2.45) is 0 Å². The molecule has 0 heterocycles. The van der Waals surface area contributed by atoms with Gasteiger partial charge in [-0.2, -0.15) is 0 Å². The highest BCUT2D eigenvalue weighted by atomic mass is 16.6.